The molecule has 0 bridgehead atoms. The fourth-order valence-electron chi connectivity index (χ4n) is 3.29. The zero-order valence-corrected chi connectivity index (χ0v) is 17.0. The molecule has 30 heavy (non-hydrogen) atoms. The lowest BCUT2D eigenvalue weighted by Crippen LogP contribution is -2.22. The van der Waals surface area contributed by atoms with E-state index in [0.29, 0.717) is 35.3 Å². The first-order chi connectivity index (χ1) is 14.5. The van der Waals surface area contributed by atoms with Crippen LogP contribution >= 0.6 is 11.6 Å². The molecule has 0 saturated carbocycles. The van der Waals surface area contributed by atoms with Crippen LogP contribution in [0.15, 0.2) is 60.3 Å². The first-order valence-corrected chi connectivity index (χ1v) is 9.82. The molecule has 2 N–H and O–H groups in total. The van der Waals surface area contributed by atoms with E-state index in [0.717, 1.165) is 16.3 Å². The maximum Gasteiger partial charge on any atom is 0.326 e. The van der Waals surface area contributed by atoms with E-state index in [1.165, 1.54) is 6.08 Å². The van der Waals surface area contributed by atoms with Crippen molar-refractivity contribution in [2.75, 3.05) is 6.61 Å². The van der Waals surface area contributed by atoms with Crippen LogP contribution in [0.4, 0.5) is 4.79 Å². The fraction of sp³-hybridized carbons (Fsp3) is 0.130. The fourth-order valence-corrected chi connectivity index (χ4v) is 3.57. The molecular formula is C23H19ClN2O4. The number of ether oxygens (including phenoxy) is 2. The molecular weight excluding hydrogens is 404 g/mol. The molecule has 0 atom stereocenters. The van der Waals surface area contributed by atoms with Crippen molar-refractivity contribution < 1.29 is 19.1 Å². The lowest BCUT2D eigenvalue weighted by molar-refractivity contribution is -0.115. The minimum absolute atomic E-state index is 0.142. The summed E-state index contributed by atoms with van der Waals surface area (Å²) in [6, 6.07) is 17.0. The van der Waals surface area contributed by atoms with Gasteiger partial charge in [0.2, 0.25) is 0 Å². The van der Waals surface area contributed by atoms with Crippen LogP contribution in [0, 0.1) is 0 Å². The molecule has 1 fully saturated rings. The smallest absolute Gasteiger partial charge is 0.326 e. The van der Waals surface area contributed by atoms with Gasteiger partial charge in [0.1, 0.15) is 12.3 Å². The minimum Gasteiger partial charge on any atom is -0.490 e. The van der Waals surface area contributed by atoms with Crippen molar-refractivity contribution >= 4 is 40.4 Å². The Kier molecular flexibility index (Phi) is 5.59. The first-order valence-electron chi connectivity index (χ1n) is 9.45. The summed E-state index contributed by atoms with van der Waals surface area (Å²) < 4.78 is 11.8. The third-order valence-electron chi connectivity index (χ3n) is 4.61. The van der Waals surface area contributed by atoms with Gasteiger partial charge in [0, 0.05) is 0 Å². The van der Waals surface area contributed by atoms with Crippen LogP contribution in [0.1, 0.15) is 18.1 Å². The number of carbonyl (C=O) groups is 2. The molecule has 0 unspecified atom stereocenters. The Morgan fingerprint density at radius 1 is 1.00 bits per heavy atom. The molecule has 1 heterocycles. The van der Waals surface area contributed by atoms with Crippen LogP contribution < -0.4 is 20.1 Å². The van der Waals surface area contributed by atoms with Gasteiger partial charge in [0.25, 0.3) is 5.91 Å². The summed E-state index contributed by atoms with van der Waals surface area (Å²) >= 11 is 6.48. The summed E-state index contributed by atoms with van der Waals surface area (Å²) in [6.07, 6.45) is 1.53. The van der Waals surface area contributed by atoms with Crippen molar-refractivity contribution in [1.29, 1.82) is 0 Å². The van der Waals surface area contributed by atoms with Crippen molar-refractivity contribution in [3.05, 3.63) is 76.4 Å². The van der Waals surface area contributed by atoms with Crippen LogP contribution in [-0.2, 0) is 11.4 Å². The van der Waals surface area contributed by atoms with E-state index in [1.54, 1.807) is 12.1 Å². The molecule has 0 aliphatic carbocycles. The summed E-state index contributed by atoms with van der Waals surface area (Å²) in [7, 11) is 0. The Bertz CT molecular complexity index is 1170. The SMILES string of the molecule is CCOc1cc(/C=C2/NC(=O)NC2=O)cc(Cl)c1OCc1cccc2ccccc12. The topological polar surface area (TPSA) is 76.7 Å². The first kappa shape index (κ1) is 19.8. The quantitative estimate of drug-likeness (QED) is 0.447. The number of hydrogen-bond acceptors (Lipinski definition) is 4. The Hall–Kier alpha value is -3.51. The van der Waals surface area contributed by atoms with Crippen LogP contribution in [-0.4, -0.2) is 18.5 Å². The van der Waals surface area contributed by atoms with E-state index in [-0.39, 0.29) is 5.70 Å². The Morgan fingerprint density at radius 3 is 2.57 bits per heavy atom. The Labute approximate surface area is 178 Å². The lowest BCUT2D eigenvalue weighted by atomic mass is 10.1. The number of hydrogen-bond donors (Lipinski definition) is 2. The molecule has 1 saturated heterocycles. The van der Waals surface area contributed by atoms with Gasteiger partial charge >= 0.3 is 6.03 Å². The number of imide groups is 1. The highest BCUT2D eigenvalue weighted by Crippen LogP contribution is 2.38. The molecule has 1 aliphatic heterocycles. The lowest BCUT2D eigenvalue weighted by Gasteiger charge is -2.15. The van der Waals surface area contributed by atoms with Gasteiger partial charge in [-0.05, 0) is 47.0 Å². The van der Waals surface area contributed by atoms with Gasteiger partial charge in [-0.15, -0.1) is 0 Å². The second kappa shape index (κ2) is 8.47. The van der Waals surface area contributed by atoms with Crippen LogP contribution in [0.25, 0.3) is 16.8 Å². The van der Waals surface area contributed by atoms with Crippen molar-refractivity contribution in [1.82, 2.24) is 10.6 Å². The molecule has 3 amide bonds. The molecule has 3 aromatic rings. The number of rotatable bonds is 6. The van der Waals surface area contributed by atoms with E-state index in [1.807, 2.05) is 31.2 Å². The summed E-state index contributed by atoms with van der Waals surface area (Å²) in [5, 5.41) is 7.20. The molecule has 1 aliphatic rings. The zero-order valence-electron chi connectivity index (χ0n) is 16.2. The summed E-state index contributed by atoms with van der Waals surface area (Å²) in [4.78, 5) is 23.1. The average Bonchev–Trinajstić information content (AvgIpc) is 3.04. The molecule has 3 aromatic carbocycles. The second-order valence-electron chi connectivity index (χ2n) is 6.66. The highest BCUT2D eigenvalue weighted by atomic mass is 35.5. The van der Waals surface area contributed by atoms with Crippen LogP contribution in [0.5, 0.6) is 11.5 Å². The second-order valence-corrected chi connectivity index (χ2v) is 7.06. The van der Waals surface area contributed by atoms with Crippen LogP contribution in [0.3, 0.4) is 0 Å². The van der Waals surface area contributed by atoms with E-state index in [4.69, 9.17) is 21.1 Å². The van der Waals surface area contributed by atoms with Gasteiger partial charge < -0.3 is 14.8 Å². The van der Waals surface area contributed by atoms with E-state index >= 15 is 0 Å². The third kappa shape index (κ3) is 4.09. The number of benzene rings is 3. The number of carbonyl (C=O) groups excluding carboxylic acids is 2. The van der Waals surface area contributed by atoms with Crippen molar-refractivity contribution in [3.63, 3.8) is 0 Å². The highest BCUT2D eigenvalue weighted by Gasteiger charge is 2.23. The maximum atomic E-state index is 11.8. The van der Waals surface area contributed by atoms with Gasteiger partial charge in [0.15, 0.2) is 11.5 Å². The summed E-state index contributed by atoms with van der Waals surface area (Å²) in [5.41, 5.74) is 1.78. The molecule has 7 heteroatoms. The van der Waals surface area contributed by atoms with Gasteiger partial charge in [-0.3, -0.25) is 10.1 Å². The van der Waals surface area contributed by atoms with Crippen molar-refractivity contribution in [3.8, 4) is 11.5 Å². The maximum absolute atomic E-state index is 11.8. The predicted molar refractivity (Wildman–Crippen MR) is 116 cm³/mol. The minimum atomic E-state index is -0.558. The molecule has 152 valence electrons. The zero-order chi connectivity index (χ0) is 21.1. The predicted octanol–water partition coefficient (Wildman–Crippen LogP) is 4.65. The van der Waals surface area contributed by atoms with Gasteiger partial charge in [0.05, 0.1) is 11.6 Å². The van der Waals surface area contributed by atoms with E-state index < -0.39 is 11.9 Å². The molecule has 0 radical (unpaired) electrons. The van der Waals surface area contributed by atoms with E-state index in [9.17, 15) is 9.59 Å². The average molecular weight is 423 g/mol. The number of halogens is 1. The summed E-state index contributed by atoms with van der Waals surface area (Å²) in [6.45, 7) is 2.59. The highest BCUT2D eigenvalue weighted by molar-refractivity contribution is 6.32. The van der Waals surface area contributed by atoms with Crippen molar-refractivity contribution in [2.24, 2.45) is 0 Å². The molecule has 0 spiro atoms. The monoisotopic (exact) mass is 422 g/mol. The molecule has 4 rings (SSSR count). The molecule has 6 nitrogen and oxygen atoms in total. The van der Waals surface area contributed by atoms with Gasteiger partial charge in [-0.2, -0.15) is 0 Å². The largest absolute Gasteiger partial charge is 0.490 e. The van der Waals surface area contributed by atoms with E-state index in [2.05, 4.69) is 28.8 Å². The standard InChI is InChI=1S/C23H19ClN2O4/c1-2-29-20-12-14(11-19-22(27)26-23(28)25-19)10-18(24)21(20)30-13-16-8-5-7-15-6-3-4-9-17(15)16/h3-12H,2,13H2,1H3,(H2,25,26,27,28)/b19-11+. The Balaban J connectivity index is 1.63. The normalized spacial score (nSPS) is 14.7. The number of nitrogens with one attached hydrogen (secondary N) is 2. The van der Waals surface area contributed by atoms with Gasteiger partial charge in [-0.25, -0.2) is 4.79 Å². The van der Waals surface area contributed by atoms with Crippen LogP contribution in [0.2, 0.25) is 5.02 Å². The number of urea groups is 1. The molecule has 0 aromatic heterocycles. The Morgan fingerprint density at radius 2 is 1.80 bits per heavy atom. The van der Waals surface area contributed by atoms with Crippen molar-refractivity contribution in [2.45, 2.75) is 13.5 Å². The number of amides is 3. The third-order valence-corrected chi connectivity index (χ3v) is 4.90. The summed E-state index contributed by atoms with van der Waals surface area (Å²) in [5.74, 6) is 0.390. The van der Waals surface area contributed by atoms with Gasteiger partial charge in [-0.1, -0.05) is 54.1 Å². The number of fused-ring (bicyclic) bond motifs is 1.